The third-order valence-electron chi connectivity index (χ3n) is 7.51. The third-order valence-corrected chi connectivity index (χ3v) is 7.51. The van der Waals surface area contributed by atoms with Gasteiger partial charge in [-0.15, -0.1) is 0 Å². The largest absolute Gasteiger partial charge is 0.477 e. The SMILES string of the molecule is CC1NC(=O)C(C(C)C)NC(=O)C(C)(C)COc2cc3cc(ccc3cn2)[C@@H](C)NC(=O)C2CCCN(N2)C1=O. The Bertz CT molecular complexity index is 1290. The molecular weight excluding hydrogens is 512 g/mol. The van der Waals surface area contributed by atoms with Crippen LogP contribution < -0.4 is 26.1 Å². The first-order valence-corrected chi connectivity index (χ1v) is 13.9. The summed E-state index contributed by atoms with van der Waals surface area (Å²) < 4.78 is 5.94. The maximum absolute atomic E-state index is 13.3. The summed E-state index contributed by atoms with van der Waals surface area (Å²) in [5, 5.41) is 11.8. The Kier molecular flexibility index (Phi) is 8.62. The Morgan fingerprint density at radius 3 is 2.42 bits per heavy atom. The van der Waals surface area contributed by atoms with Gasteiger partial charge in [0.1, 0.15) is 24.7 Å². The van der Waals surface area contributed by atoms with Crippen molar-refractivity contribution in [3.05, 3.63) is 36.0 Å². The zero-order chi connectivity index (χ0) is 29.2. The van der Waals surface area contributed by atoms with Gasteiger partial charge in [-0.05, 0) is 63.5 Å². The van der Waals surface area contributed by atoms with Crippen molar-refractivity contribution >= 4 is 34.4 Å². The summed E-state index contributed by atoms with van der Waals surface area (Å²) in [6.07, 6.45) is 2.92. The third kappa shape index (κ3) is 6.52. The predicted octanol–water partition coefficient (Wildman–Crippen LogP) is 1.97. The molecule has 2 aromatic rings. The average molecular weight is 553 g/mol. The predicted molar refractivity (Wildman–Crippen MR) is 150 cm³/mol. The molecule has 216 valence electrons. The summed E-state index contributed by atoms with van der Waals surface area (Å²) in [5.41, 5.74) is 2.97. The Morgan fingerprint density at radius 1 is 0.975 bits per heavy atom. The summed E-state index contributed by atoms with van der Waals surface area (Å²) in [5.74, 6) is -1.25. The van der Waals surface area contributed by atoms with Gasteiger partial charge in [-0.3, -0.25) is 24.2 Å². The minimum absolute atomic E-state index is 0.0346. The van der Waals surface area contributed by atoms with Crippen LogP contribution >= 0.6 is 0 Å². The summed E-state index contributed by atoms with van der Waals surface area (Å²) in [4.78, 5) is 57.2. The fraction of sp³-hybridized carbons (Fsp3) is 0.552. The molecule has 0 saturated carbocycles. The highest BCUT2D eigenvalue weighted by Crippen LogP contribution is 2.25. The van der Waals surface area contributed by atoms with E-state index in [-0.39, 0.29) is 36.3 Å². The first-order valence-electron chi connectivity index (χ1n) is 13.9. The van der Waals surface area contributed by atoms with Crippen molar-refractivity contribution in [1.82, 2.24) is 31.4 Å². The number of pyridine rings is 1. The molecule has 2 aliphatic rings. The molecule has 2 aliphatic heterocycles. The van der Waals surface area contributed by atoms with Crippen LogP contribution in [0.25, 0.3) is 10.8 Å². The first kappa shape index (κ1) is 29.3. The topological polar surface area (TPSA) is 142 Å². The molecule has 0 radical (unpaired) electrons. The maximum atomic E-state index is 13.3. The summed E-state index contributed by atoms with van der Waals surface area (Å²) in [6.45, 7) is 11.1. The summed E-state index contributed by atoms with van der Waals surface area (Å²) in [6, 6.07) is 5.06. The Balaban J connectivity index is 1.66. The smallest absolute Gasteiger partial charge is 0.258 e. The van der Waals surface area contributed by atoms with E-state index in [0.29, 0.717) is 25.3 Å². The van der Waals surface area contributed by atoms with Crippen molar-refractivity contribution in [3.8, 4) is 5.88 Å². The van der Waals surface area contributed by atoms with Gasteiger partial charge in [-0.2, -0.15) is 0 Å². The van der Waals surface area contributed by atoms with Gasteiger partial charge in [0.25, 0.3) is 5.91 Å². The van der Waals surface area contributed by atoms with Crippen LogP contribution in [0.4, 0.5) is 0 Å². The number of ether oxygens (including phenoxy) is 1. The van der Waals surface area contributed by atoms with Gasteiger partial charge < -0.3 is 20.7 Å². The lowest BCUT2D eigenvalue weighted by molar-refractivity contribution is -0.143. The minimum Gasteiger partial charge on any atom is -0.477 e. The molecule has 5 bridgehead atoms. The summed E-state index contributed by atoms with van der Waals surface area (Å²) >= 11 is 0. The summed E-state index contributed by atoms with van der Waals surface area (Å²) in [7, 11) is 0. The zero-order valence-corrected chi connectivity index (χ0v) is 24.0. The van der Waals surface area contributed by atoms with Gasteiger partial charge >= 0.3 is 0 Å². The van der Waals surface area contributed by atoms with Crippen LogP contribution in [0, 0.1) is 11.3 Å². The van der Waals surface area contributed by atoms with E-state index in [1.807, 2.05) is 45.0 Å². The van der Waals surface area contributed by atoms with Gasteiger partial charge in [-0.25, -0.2) is 10.4 Å². The fourth-order valence-corrected chi connectivity index (χ4v) is 4.81. The number of hydrogen-bond acceptors (Lipinski definition) is 7. The number of benzene rings is 1. The Labute approximate surface area is 234 Å². The van der Waals surface area contributed by atoms with Crippen molar-refractivity contribution in [2.24, 2.45) is 11.3 Å². The molecular formula is C29H40N6O5. The number of aromatic nitrogens is 1. The fourth-order valence-electron chi connectivity index (χ4n) is 4.81. The molecule has 1 saturated heterocycles. The zero-order valence-electron chi connectivity index (χ0n) is 24.0. The van der Waals surface area contributed by atoms with Crippen LogP contribution in [0.1, 0.15) is 66.0 Å². The second-order valence-electron chi connectivity index (χ2n) is 11.8. The quantitative estimate of drug-likeness (QED) is 0.424. The van der Waals surface area contributed by atoms with Crippen LogP contribution in [-0.4, -0.2) is 64.9 Å². The van der Waals surface area contributed by atoms with E-state index in [1.165, 1.54) is 5.01 Å². The van der Waals surface area contributed by atoms with Crippen molar-refractivity contribution in [3.63, 3.8) is 0 Å². The highest BCUT2D eigenvalue weighted by Gasteiger charge is 2.36. The number of amides is 4. The molecule has 4 atom stereocenters. The molecule has 4 N–H and O–H groups in total. The second-order valence-corrected chi connectivity index (χ2v) is 11.8. The first-order chi connectivity index (χ1) is 18.9. The van der Waals surface area contributed by atoms with E-state index in [4.69, 9.17) is 4.74 Å². The number of rotatable bonds is 1. The van der Waals surface area contributed by atoms with Crippen molar-refractivity contribution in [2.75, 3.05) is 13.2 Å². The van der Waals surface area contributed by atoms with Crippen LogP contribution in [0.3, 0.4) is 0 Å². The normalized spacial score (nSPS) is 26.6. The second kappa shape index (κ2) is 11.8. The molecule has 4 amide bonds. The van der Waals surface area contributed by atoms with Crippen LogP contribution in [0.5, 0.6) is 5.88 Å². The molecule has 3 heterocycles. The minimum atomic E-state index is -0.975. The average Bonchev–Trinajstić information content (AvgIpc) is 2.92. The standard InChI is InChI=1S/C29H40N6O5/c1-16(2)24-26(37)32-18(4)27(38)35-11-7-8-22(34-35)25(36)31-17(3)19-9-10-20-14-30-23(13-21(20)12-19)40-15-29(5,6)28(39)33-24/h9-10,12-14,16-18,22,24,34H,7-8,11,15H2,1-6H3,(H,31,36)(H,32,37)(H,33,39)/t17-,18?,22?,24?/m1/s1. The van der Waals surface area contributed by atoms with E-state index < -0.39 is 29.4 Å². The molecule has 3 unspecified atom stereocenters. The monoisotopic (exact) mass is 552 g/mol. The highest BCUT2D eigenvalue weighted by molar-refractivity contribution is 5.93. The number of carbonyl (C=O) groups is 4. The molecule has 1 fully saturated rings. The molecule has 4 rings (SSSR count). The Morgan fingerprint density at radius 2 is 1.70 bits per heavy atom. The van der Waals surface area contributed by atoms with Crippen molar-refractivity contribution in [1.29, 1.82) is 0 Å². The molecule has 40 heavy (non-hydrogen) atoms. The Hall–Kier alpha value is -3.73. The lowest BCUT2D eigenvalue weighted by atomic mass is 9.92. The lowest BCUT2D eigenvalue weighted by Gasteiger charge is -2.35. The highest BCUT2D eigenvalue weighted by atomic mass is 16.5. The van der Waals surface area contributed by atoms with Gasteiger partial charge in [0.15, 0.2) is 0 Å². The van der Waals surface area contributed by atoms with Crippen LogP contribution in [-0.2, 0) is 19.2 Å². The van der Waals surface area contributed by atoms with E-state index in [0.717, 1.165) is 16.3 Å². The van der Waals surface area contributed by atoms with E-state index in [2.05, 4.69) is 26.4 Å². The molecule has 0 spiro atoms. The molecule has 1 aromatic heterocycles. The van der Waals surface area contributed by atoms with Gasteiger partial charge in [0, 0.05) is 24.2 Å². The maximum Gasteiger partial charge on any atom is 0.258 e. The number of carbonyl (C=O) groups excluding carboxylic acids is 4. The van der Waals surface area contributed by atoms with Gasteiger partial charge in [0.2, 0.25) is 23.6 Å². The number of nitrogens with one attached hydrogen (secondary N) is 4. The number of nitrogens with zero attached hydrogens (tertiary/aromatic N) is 2. The van der Waals surface area contributed by atoms with E-state index in [1.54, 1.807) is 27.0 Å². The number of hydrogen-bond donors (Lipinski definition) is 4. The molecule has 0 aliphatic carbocycles. The molecule has 11 heteroatoms. The molecule has 11 nitrogen and oxygen atoms in total. The van der Waals surface area contributed by atoms with Crippen LogP contribution in [0.2, 0.25) is 0 Å². The van der Waals surface area contributed by atoms with Crippen molar-refractivity contribution in [2.45, 2.75) is 78.6 Å². The van der Waals surface area contributed by atoms with E-state index >= 15 is 0 Å². The molecule has 1 aromatic carbocycles. The van der Waals surface area contributed by atoms with E-state index in [9.17, 15) is 19.2 Å². The van der Waals surface area contributed by atoms with Crippen molar-refractivity contribution < 1.29 is 23.9 Å². The number of fused-ring (bicyclic) bond motifs is 4. The van der Waals surface area contributed by atoms with Gasteiger partial charge in [-0.1, -0.05) is 26.0 Å². The van der Waals surface area contributed by atoms with Crippen LogP contribution in [0.15, 0.2) is 30.5 Å². The van der Waals surface area contributed by atoms with Gasteiger partial charge in [0.05, 0.1) is 11.5 Å². The number of hydrazine groups is 1. The lowest BCUT2D eigenvalue weighted by Crippen LogP contribution is -2.62.